The second-order valence-corrected chi connectivity index (χ2v) is 6.45. The van der Waals surface area contributed by atoms with Gasteiger partial charge in [0.1, 0.15) is 11.9 Å². The van der Waals surface area contributed by atoms with Crippen molar-refractivity contribution in [3.63, 3.8) is 0 Å². The van der Waals surface area contributed by atoms with Gasteiger partial charge >= 0.3 is 0 Å². The first kappa shape index (κ1) is 16.4. The highest BCUT2D eigenvalue weighted by atomic mass is 19.1. The van der Waals surface area contributed by atoms with Gasteiger partial charge < -0.3 is 10.1 Å². The van der Waals surface area contributed by atoms with E-state index in [0.29, 0.717) is 12.6 Å². The molecule has 5 heteroatoms. The van der Waals surface area contributed by atoms with Crippen LogP contribution in [-0.2, 0) is 9.53 Å². The Labute approximate surface area is 137 Å². The number of ether oxygens (including phenoxy) is 1. The molecule has 2 unspecified atom stereocenters. The maximum atomic E-state index is 13.2. The number of hydrogen-bond donors (Lipinski definition) is 1. The lowest BCUT2D eigenvalue weighted by Crippen LogP contribution is -2.47. The first-order chi connectivity index (χ1) is 11.2. The lowest BCUT2D eigenvalue weighted by molar-refractivity contribution is -0.128. The zero-order valence-electron chi connectivity index (χ0n) is 13.6. The van der Waals surface area contributed by atoms with Crippen molar-refractivity contribution in [2.45, 2.75) is 50.8 Å². The number of carbonyl (C=O) groups excluding carboxylic acids is 1. The Bertz CT molecular complexity index is 528. The summed E-state index contributed by atoms with van der Waals surface area (Å²) in [5.41, 5.74) is 0.849. The van der Waals surface area contributed by atoms with Gasteiger partial charge in [0.15, 0.2) is 0 Å². The molecule has 0 radical (unpaired) electrons. The summed E-state index contributed by atoms with van der Waals surface area (Å²) in [6, 6.07) is 6.25. The molecule has 1 saturated carbocycles. The van der Waals surface area contributed by atoms with E-state index >= 15 is 0 Å². The molecule has 1 aromatic rings. The third kappa shape index (κ3) is 4.30. The van der Waals surface area contributed by atoms with E-state index in [9.17, 15) is 9.18 Å². The Kier molecular flexibility index (Phi) is 5.28. The van der Waals surface area contributed by atoms with Crippen molar-refractivity contribution in [2.24, 2.45) is 0 Å². The Morgan fingerprint density at radius 1 is 1.35 bits per heavy atom. The van der Waals surface area contributed by atoms with Crippen LogP contribution in [0.1, 0.15) is 44.2 Å². The van der Waals surface area contributed by atoms with Gasteiger partial charge in [-0.15, -0.1) is 0 Å². The third-order valence-electron chi connectivity index (χ3n) is 4.53. The largest absolute Gasteiger partial charge is 0.377 e. The van der Waals surface area contributed by atoms with Gasteiger partial charge in [0.25, 0.3) is 0 Å². The Morgan fingerprint density at radius 3 is 2.74 bits per heavy atom. The maximum absolute atomic E-state index is 13.2. The van der Waals surface area contributed by atoms with Crippen LogP contribution < -0.4 is 5.32 Å². The fraction of sp³-hybridized carbons (Fsp3) is 0.611. The molecule has 3 rings (SSSR count). The van der Waals surface area contributed by atoms with E-state index in [1.54, 1.807) is 12.1 Å². The van der Waals surface area contributed by atoms with Gasteiger partial charge in [0.2, 0.25) is 5.91 Å². The highest BCUT2D eigenvalue weighted by Gasteiger charge is 2.34. The van der Waals surface area contributed by atoms with E-state index < -0.39 is 0 Å². The predicted octanol–water partition coefficient (Wildman–Crippen LogP) is 2.65. The molecular formula is C18H25FN2O2. The minimum atomic E-state index is -0.362. The first-order valence-corrected chi connectivity index (χ1v) is 8.59. The number of benzene rings is 1. The SMILES string of the molecule is CCOC1CCCN(C(C(=O)NC2CC2)c2ccc(F)cc2)C1. The predicted molar refractivity (Wildman–Crippen MR) is 86.5 cm³/mol. The summed E-state index contributed by atoms with van der Waals surface area (Å²) >= 11 is 0. The molecule has 0 aromatic heterocycles. The van der Waals surface area contributed by atoms with Gasteiger partial charge in [-0.05, 0) is 56.8 Å². The van der Waals surface area contributed by atoms with Gasteiger partial charge in [-0.3, -0.25) is 9.69 Å². The van der Waals surface area contributed by atoms with Crippen LogP contribution in [0.2, 0.25) is 0 Å². The summed E-state index contributed by atoms with van der Waals surface area (Å²) in [6.45, 7) is 4.29. The van der Waals surface area contributed by atoms with Crippen molar-refractivity contribution in [2.75, 3.05) is 19.7 Å². The molecule has 1 amide bonds. The van der Waals surface area contributed by atoms with E-state index in [4.69, 9.17) is 4.74 Å². The number of rotatable bonds is 6. The number of hydrogen-bond acceptors (Lipinski definition) is 3. The van der Waals surface area contributed by atoms with Crippen LogP contribution in [0.15, 0.2) is 24.3 Å². The second-order valence-electron chi connectivity index (χ2n) is 6.45. The van der Waals surface area contributed by atoms with Crippen molar-refractivity contribution in [1.29, 1.82) is 0 Å². The molecule has 126 valence electrons. The molecule has 23 heavy (non-hydrogen) atoms. The molecule has 2 aliphatic rings. The topological polar surface area (TPSA) is 41.6 Å². The summed E-state index contributed by atoms with van der Waals surface area (Å²) in [5.74, 6) is -0.253. The van der Waals surface area contributed by atoms with E-state index in [1.165, 1.54) is 12.1 Å². The third-order valence-corrected chi connectivity index (χ3v) is 4.53. The number of amides is 1. The van der Waals surface area contributed by atoms with Gasteiger partial charge in [-0.1, -0.05) is 12.1 Å². The van der Waals surface area contributed by atoms with Crippen LogP contribution in [0.4, 0.5) is 4.39 Å². The molecule has 1 N–H and O–H groups in total. The van der Waals surface area contributed by atoms with Crippen LogP contribution in [0.3, 0.4) is 0 Å². The van der Waals surface area contributed by atoms with Gasteiger partial charge in [-0.2, -0.15) is 0 Å². The van der Waals surface area contributed by atoms with E-state index in [1.807, 2.05) is 6.92 Å². The number of nitrogens with one attached hydrogen (secondary N) is 1. The molecular weight excluding hydrogens is 295 g/mol. The molecule has 1 aliphatic carbocycles. The number of nitrogens with zero attached hydrogens (tertiary/aromatic N) is 1. The van der Waals surface area contributed by atoms with Crippen molar-refractivity contribution < 1.29 is 13.9 Å². The average Bonchev–Trinajstić information content (AvgIpc) is 3.34. The molecule has 0 bridgehead atoms. The Hall–Kier alpha value is -1.46. The summed E-state index contributed by atoms with van der Waals surface area (Å²) in [4.78, 5) is 14.9. The standard InChI is InChI=1S/C18H25FN2O2/c1-2-23-16-4-3-11-21(12-16)17(18(22)20-15-9-10-15)13-5-7-14(19)8-6-13/h5-8,15-17H,2-4,9-12H2,1H3,(H,20,22). The number of halogens is 1. The van der Waals surface area contributed by atoms with E-state index in [2.05, 4.69) is 10.2 Å². The summed E-state index contributed by atoms with van der Waals surface area (Å²) in [7, 11) is 0. The van der Waals surface area contributed by atoms with Crippen LogP contribution in [0, 0.1) is 5.82 Å². The summed E-state index contributed by atoms with van der Waals surface area (Å²) < 4.78 is 19.0. The molecule has 0 spiro atoms. The highest BCUT2D eigenvalue weighted by Crippen LogP contribution is 2.28. The quantitative estimate of drug-likeness (QED) is 0.876. The van der Waals surface area contributed by atoms with Crippen LogP contribution in [-0.4, -0.2) is 42.6 Å². The minimum absolute atomic E-state index is 0.0243. The van der Waals surface area contributed by atoms with Gasteiger partial charge in [0.05, 0.1) is 6.10 Å². The molecule has 2 fully saturated rings. The number of piperidine rings is 1. The monoisotopic (exact) mass is 320 g/mol. The van der Waals surface area contributed by atoms with Crippen molar-refractivity contribution in [1.82, 2.24) is 10.2 Å². The number of likely N-dealkylation sites (tertiary alicyclic amines) is 1. The average molecular weight is 320 g/mol. The van der Waals surface area contributed by atoms with Gasteiger partial charge in [-0.25, -0.2) is 4.39 Å². The lowest BCUT2D eigenvalue weighted by atomic mass is 9.99. The fourth-order valence-corrected chi connectivity index (χ4v) is 3.25. The summed E-state index contributed by atoms with van der Waals surface area (Å²) in [6.07, 6.45) is 4.34. The van der Waals surface area contributed by atoms with Crippen LogP contribution >= 0.6 is 0 Å². The maximum Gasteiger partial charge on any atom is 0.242 e. The molecule has 1 saturated heterocycles. The zero-order chi connectivity index (χ0) is 16.2. The lowest BCUT2D eigenvalue weighted by Gasteiger charge is -2.37. The van der Waals surface area contributed by atoms with Crippen molar-refractivity contribution in [3.8, 4) is 0 Å². The smallest absolute Gasteiger partial charge is 0.242 e. The van der Waals surface area contributed by atoms with Gasteiger partial charge in [0, 0.05) is 19.2 Å². The highest BCUT2D eigenvalue weighted by molar-refractivity contribution is 5.83. The van der Waals surface area contributed by atoms with Crippen molar-refractivity contribution in [3.05, 3.63) is 35.6 Å². The molecule has 1 heterocycles. The fourth-order valence-electron chi connectivity index (χ4n) is 3.25. The summed E-state index contributed by atoms with van der Waals surface area (Å²) in [5, 5.41) is 3.10. The molecule has 1 aliphatic heterocycles. The molecule has 1 aromatic carbocycles. The normalized spacial score (nSPS) is 23.5. The minimum Gasteiger partial charge on any atom is -0.377 e. The van der Waals surface area contributed by atoms with Crippen molar-refractivity contribution >= 4 is 5.91 Å². The first-order valence-electron chi connectivity index (χ1n) is 8.59. The van der Waals surface area contributed by atoms with Crippen LogP contribution in [0.5, 0.6) is 0 Å². The van der Waals surface area contributed by atoms with E-state index in [0.717, 1.165) is 44.3 Å². The second kappa shape index (κ2) is 7.41. The number of carbonyl (C=O) groups is 1. The Balaban J connectivity index is 1.78. The van der Waals surface area contributed by atoms with E-state index in [-0.39, 0.29) is 23.9 Å². The molecule has 4 nitrogen and oxygen atoms in total. The Morgan fingerprint density at radius 2 is 2.09 bits per heavy atom. The van der Waals surface area contributed by atoms with Crippen LogP contribution in [0.25, 0.3) is 0 Å². The zero-order valence-corrected chi connectivity index (χ0v) is 13.6. The molecule has 2 atom stereocenters.